The van der Waals surface area contributed by atoms with Gasteiger partial charge in [-0.05, 0) is 48.9 Å². The first-order valence-corrected chi connectivity index (χ1v) is 13.4. The molecule has 0 aliphatic carbocycles. The normalized spacial score (nSPS) is 16.0. The molecule has 0 radical (unpaired) electrons. The van der Waals surface area contributed by atoms with Crippen LogP contribution >= 0.6 is 34.4 Å². The van der Waals surface area contributed by atoms with Crippen molar-refractivity contribution in [3.63, 3.8) is 0 Å². The molecule has 1 amide bonds. The number of amides is 1. The van der Waals surface area contributed by atoms with Crippen LogP contribution in [0, 0.1) is 0 Å². The molecule has 33 heavy (non-hydrogen) atoms. The number of aromatic nitrogens is 2. The topological polar surface area (TPSA) is 67.6 Å². The third kappa shape index (κ3) is 4.28. The standard InChI is InChI=1S/C24H22N4O2S3/c1-15(2)27-23(30)16-7-3-4-8-17(16)25-24(27)33-14-22(29)28-19(21-10-6-12-32-21)13-18(26-28)20-9-5-11-31-20/h3-12,15,19H,13-14H2,1-2H3. The third-order valence-corrected chi connectivity index (χ3v) is 8.29. The number of rotatable bonds is 6. The minimum atomic E-state index is -0.105. The van der Waals surface area contributed by atoms with E-state index >= 15 is 0 Å². The molecular weight excluding hydrogens is 472 g/mol. The van der Waals surface area contributed by atoms with Gasteiger partial charge in [-0.1, -0.05) is 36.0 Å². The first kappa shape index (κ1) is 22.1. The Hall–Kier alpha value is -2.75. The van der Waals surface area contributed by atoms with E-state index in [0.717, 1.165) is 15.5 Å². The molecule has 1 unspecified atom stereocenters. The highest BCUT2D eigenvalue weighted by Crippen LogP contribution is 2.36. The van der Waals surface area contributed by atoms with Crippen LogP contribution < -0.4 is 5.56 Å². The number of hydrazone groups is 1. The first-order valence-electron chi connectivity index (χ1n) is 10.6. The van der Waals surface area contributed by atoms with E-state index in [2.05, 4.69) is 6.07 Å². The van der Waals surface area contributed by atoms with Gasteiger partial charge in [0, 0.05) is 17.3 Å². The van der Waals surface area contributed by atoms with Gasteiger partial charge in [-0.2, -0.15) is 5.10 Å². The Labute approximate surface area is 203 Å². The van der Waals surface area contributed by atoms with Gasteiger partial charge in [-0.15, -0.1) is 22.7 Å². The summed E-state index contributed by atoms with van der Waals surface area (Å²) in [5, 5.41) is 11.5. The SMILES string of the molecule is CC(C)n1c(SCC(=O)N2N=C(c3cccs3)CC2c2cccs2)nc2ccccc2c1=O. The predicted molar refractivity (Wildman–Crippen MR) is 136 cm³/mol. The van der Waals surface area contributed by atoms with Gasteiger partial charge in [-0.3, -0.25) is 14.2 Å². The zero-order valence-corrected chi connectivity index (χ0v) is 20.6. The number of hydrogen-bond acceptors (Lipinski definition) is 7. The summed E-state index contributed by atoms with van der Waals surface area (Å²) in [5.41, 5.74) is 1.50. The number of para-hydroxylation sites is 1. The van der Waals surface area contributed by atoms with E-state index in [1.807, 2.05) is 61.0 Å². The lowest BCUT2D eigenvalue weighted by Gasteiger charge is -2.21. The molecule has 0 spiro atoms. The maximum Gasteiger partial charge on any atom is 0.262 e. The van der Waals surface area contributed by atoms with Crippen LogP contribution in [0.25, 0.3) is 10.9 Å². The van der Waals surface area contributed by atoms with Crippen LogP contribution in [0.1, 0.15) is 42.1 Å². The highest BCUT2D eigenvalue weighted by atomic mass is 32.2. The zero-order chi connectivity index (χ0) is 22.9. The molecule has 1 aliphatic heterocycles. The highest BCUT2D eigenvalue weighted by molar-refractivity contribution is 7.99. The van der Waals surface area contributed by atoms with Gasteiger partial charge in [0.1, 0.15) is 0 Å². The molecule has 6 nitrogen and oxygen atoms in total. The Morgan fingerprint density at radius 3 is 2.64 bits per heavy atom. The Morgan fingerprint density at radius 1 is 1.12 bits per heavy atom. The molecule has 0 N–H and O–H groups in total. The summed E-state index contributed by atoms with van der Waals surface area (Å²) in [6, 6.07) is 15.2. The number of carbonyl (C=O) groups is 1. The number of benzene rings is 1. The fourth-order valence-corrected chi connectivity index (χ4v) is 6.42. The summed E-state index contributed by atoms with van der Waals surface area (Å²) in [6.07, 6.45) is 0.697. The second-order valence-electron chi connectivity index (χ2n) is 7.97. The maximum atomic E-state index is 13.4. The van der Waals surface area contributed by atoms with Crippen LogP contribution in [0.2, 0.25) is 0 Å². The van der Waals surface area contributed by atoms with Gasteiger partial charge >= 0.3 is 0 Å². The summed E-state index contributed by atoms with van der Waals surface area (Å²) in [4.78, 5) is 33.3. The summed E-state index contributed by atoms with van der Waals surface area (Å²) in [6.45, 7) is 3.91. The summed E-state index contributed by atoms with van der Waals surface area (Å²) < 4.78 is 1.67. The van der Waals surface area contributed by atoms with E-state index in [1.165, 1.54) is 11.8 Å². The van der Waals surface area contributed by atoms with Crippen molar-refractivity contribution in [1.29, 1.82) is 0 Å². The van der Waals surface area contributed by atoms with Gasteiger partial charge in [0.2, 0.25) is 0 Å². The third-order valence-electron chi connectivity index (χ3n) is 5.46. The Balaban J connectivity index is 1.43. The fourth-order valence-electron chi connectivity index (χ4n) is 3.91. The largest absolute Gasteiger partial charge is 0.285 e. The van der Waals surface area contributed by atoms with E-state index in [1.54, 1.807) is 38.3 Å². The summed E-state index contributed by atoms with van der Waals surface area (Å²) >= 11 is 4.56. The number of carbonyl (C=O) groups excluding carboxylic acids is 1. The average molecular weight is 495 g/mol. The van der Waals surface area contributed by atoms with E-state index in [0.29, 0.717) is 22.5 Å². The molecule has 1 atom stereocenters. The molecule has 3 aromatic heterocycles. The quantitative estimate of drug-likeness (QED) is 0.260. The second-order valence-corrected chi connectivity index (χ2v) is 10.8. The van der Waals surface area contributed by atoms with Crippen molar-refractivity contribution < 1.29 is 4.79 Å². The summed E-state index contributed by atoms with van der Waals surface area (Å²) in [5.74, 6) is 0.0586. The highest BCUT2D eigenvalue weighted by Gasteiger charge is 2.34. The molecule has 4 heterocycles. The Morgan fingerprint density at radius 2 is 1.91 bits per heavy atom. The molecule has 1 aromatic carbocycles. The molecule has 168 valence electrons. The van der Waals surface area contributed by atoms with E-state index in [9.17, 15) is 9.59 Å². The molecule has 0 saturated heterocycles. The summed E-state index contributed by atoms with van der Waals surface area (Å²) in [7, 11) is 0. The number of nitrogens with zero attached hydrogens (tertiary/aromatic N) is 4. The van der Waals surface area contributed by atoms with Gasteiger partial charge in [-0.25, -0.2) is 9.99 Å². The fraction of sp³-hybridized carbons (Fsp3) is 0.250. The van der Waals surface area contributed by atoms with E-state index in [-0.39, 0.29) is 29.3 Å². The smallest absolute Gasteiger partial charge is 0.262 e. The van der Waals surface area contributed by atoms with Crippen LogP contribution in [-0.4, -0.2) is 31.9 Å². The molecule has 5 rings (SSSR count). The molecule has 4 aromatic rings. The van der Waals surface area contributed by atoms with Crippen molar-refractivity contribution in [2.75, 3.05) is 5.75 Å². The Bertz CT molecular complexity index is 1370. The van der Waals surface area contributed by atoms with Gasteiger partial charge in [0.15, 0.2) is 5.16 Å². The first-order chi connectivity index (χ1) is 16.0. The van der Waals surface area contributed by atoms with Crippen LogP contribution in [0.4, 0.5) is 0 Å². The lowest BCUT2D eigenvalue weighted by atomic mass is 10.1. The molecular formula is C24H22N4O2S3. The lowest BCUT2D eigenvalue weighted by molar-refractivity contribution is -0.130. The average Bonchev–Trinajstić information content (AvgIpc) is 3.58. The number of fused-ring (bicyclic) bond motifs is 1. The Kier molecular flexibility index (Phi) is 6.18. The van der Waals surface area contributed by atoms with Crippen molar-refractivity contribution >= 4 is 57.0 Å². The predicted octanol–water partition coefficient (Wildman–Crippen LogP) is 5.57. The maximum absolute atomic E-state index is 13.4. The van der Waals surface area contributed by atoms with E-state index < -0.39 is 0 Å². The van der Waals surface area contributed by atoms with Crippen LogP contribution in [-0.2, 0) is 4.79 Å². The number of thiophene rings is 2. The van der Waals surface area contributed by atoms with Gasteiger partial charge in [0.25, 0.3) is 11.5 Å². The molecule has 1 aliphatic rings. The zero-order valence-electron chi connectivity index (χ0n) is 18.2. The minimum Gasteiger partial charge on any atom is -0.285 e. The minimum absolute atomic E-state index is 0.0682. The van der Waals surface area contributed by atoms with E-state index in [4.69, 9.17) is 10.1 Å². The lowest BCUT2D eigenvalue weighted by Crippen LogP contribution is -2.29. The molecule has 0 saturated carbocycles. The molecule has 0 fully saturated rings. The van der Waals surface area contributed by atoms with Crippen molar-refractivity contribution in [2.24, 2.45) is 5.10 Å². The van der Waals surface area contributed by atoms with Crippen molar-refractivity contribution in [3.05, 3.63) is 79.4 Å². The van der Waals surface area contributed by atoms with Crippen LogP contribution in [0.3, 0.4) is 0 Å². The second kappa shape index (κ2) is 9.24. The van der Waals surface area contributed by atoms with Crippen molar-refractivity contribution in [3.8, 4) is 0 Å². The molecule has 9 heteroatoms. The monoisotopic (exact) mass is 494 g/mol. The molecule has 0 bridgehead atoms. The number of thioether (sulfide) groups is 1. The van der Waals surface area contributed by atoms with Crippen molar-refractivity contribution in [1.82, 2.24) is 14.6 Å². The van der Waals surface area contributed by atoms with Gasteiger partial charge < -0.3 is 0 Å². The van der Waals surface area contributed by atoms with Crippen LogP contribution in [0.15, 0.2) is 74.3 Å². The number of hydrogen-bond donors (Lipinski definition) is 0. The van der Waals surface area contributed by atoms with Crippen LogP contribution in [0.5, 0.6) is 0 Å². The van der Waals surface area contributed by atoms with Crippen molar-refractivity contribution in [2.45, 2.75) is 37.5 Å². The van der Waals surface area contributed by atoms with Gasteiger partial charge in [0.05, 0.1) is 33.3 Å².